The number of aromatic hydroxyl groups is 1. The van der Waals surface area contributed by atoms with Gasteiger partial charge in [0.1, 0.15) is 0 Å². The van der Waals surface area contributed by atoms with E-state index in [9.17, 15) is 9.90 Å². The van der Waals surface area contributed by atoms with Crippen molar-refractivity contribution in [1.82, 2.24) is 4.90 Å². The lowest BCUT2D eigenvalue weighted by Gasteiger charge is -2.17. The van der Waals surface area contributed by atoms with E-state index in [-0.39, 0.29) is 11.5 Å². The Morgan fingerprint density at radius 2 is 2.00 bits per heavy atom. The standard InChI is InChI=1S/C14H21NO3/c1-4-15(5-2)9-8-12(16)11-6-7-14(18-3)13(17)10-11/h6-7,10,17H,4-5,8-9H2,1-3H3. The van der Waals surface area contributed by atoms with Crippen LogP contribution in [0.1, 0.15) is 30.6 Å². The van der Waals surface area contributed by atoms with Gasteiger partial charge in [-0.2, -0.15) is 0 Å². The van der Waals surface area contributed by atoms with Crippen LogP contribution in [0, 0.1) is 0 Å². The van der Waals surface area contributed by atoms with Crippen LogP contribution in [0.25, 0.3) is 0 Å². The number of nitrogens with zero attached hydrogens (tertiary/aromatic N) is 1. The maximum atomic E-state index is 12.0. The van der Waals surface area contributed by atoms with Crippen LogP contribution >= 0.6 is 0 Å². The molecule has 0 radical (unpaired) electrons. The molecule has 0 heterocycles. The second-order valence-corrected chi connectivity index (χ2v) is 4.09. The Morgan fingerprint density at radius 1 is 1.33 bits per heavy atom. The number of hydrogen-bond donors (Lipinski definition) is 1. The number of phenolic OH excluding ortho intramolecular Hbond substituents is 1. The lowest BCUT2D eigenvalue weighted by Crippen LogP contribution is -2.25. The summed E-state index contributed by atoms with van der Waals surface area (Å²) in [6.07, 6.45) is 0.466. The van der Waals surface area contributed by atoms with Crippen molar-refractivity contribution in [2.75, 3.05) is 26.7 Å². The lowest BCUT2D eigenvalue weighted by molar-refractivity contribution is 0.0966. The lowest BCUT2D eigenvalue weighted by atomic mass is 10.1. The molecular formula is C14H21NO3. The Hall–Kier alpha value is -1.55. The van der Waals surface area contributed by atoms with Gasteiger partial charge in [0.25, 0.3) is 0 Å². The zero-order chi connectivity index (χ0) is 13.5. The Balaban J connectivity index is 2.64. The van der Waals surface area contributed by atoms with E-state index in [1.807, 2.05) is 0 Å². The summed E-state index contributed by atoms with van der Waals surface area (Å²) < 4.78 is 4.94. The maximum absolute atomic E-state index is 12.0. The van der Waals surface area contributed by atoms with E-state index in [0.717, 1.165) is 19.6 Å². The third-order valence-electron chi connectivity index (χ3n) is 3.05. The number of rotatable bonds is 7. The number of ether oxygens (including phenoxy) is 1. The molecule has 0 aliphatic rings. The highest BCUT2D eigenvalue weighted by Crippen LogP contribution is 2.26. The van der Waals surface area contributed by atoms with E-state index in [4.69, 9.17) is 4.74 Å². The molecule has 18 heavy (non-hydrogen) atoms. The predicted molar refractivity (Wildman–Crippen MR) is 71.4 cm³/mol. The molecule has 0 saturated heterocycles. The SMILES string of the molecule is CCN(CC)CCC(=O)c1ccc(OC)c(O)c1. The minimum Gasteiger partial charge on any atom is -0.504 e. The molecular weight excluding hydrogens is 230 g/mol. The number of phenols is 1. The molecule has 1 rings (SSSR count). The summed E-state index contributed by atoms with van der Waals surface area (Å²) in [6, 6.07) is 4.76. The molecule has 0 fully saturated rings. The number of carbonyl (C=O) groups excluding carboxylic acids is 1. The number of methoxy groups -OCH3 is 1. The second kappa shape index (κ2) is 7.01. The summed E-state index contributed by atoms with van der Waals surface area (Å²) in [4.78, 5) is 14.1. The largest absolute Gasteiger partial charge is 0.504 e. The van der Waals surface area contributed by atoms with Gasteiger partial charge in [-0.25, -0.2) is 0 Å². The van der Waals surface area contributed by atoms with Crippen molar-refractivity contribution in [2.45, 2.75) is 20.3 Å². The van der Waals surface area contributed by atoms with Crippen LogP contribution in [0.15, 0.2) is 18.2 Å². The van der Waals surface area contributed by atoms with Crippen LogP contribution in [0.3, 0.4) is 0 Å². The van der Waals surface area contributed by atoms with Gasteiger partial charge in [-0.15, -0.1) is 0 Å². The van der Waals surface area contributed by atoms with E-state index < -0.39 is 0 Å². The highest BCUT2D eigenvalue weighted by molar-refractivity contribution is 5.96. The third-order valence-corrected chi connectivity index (χ3v) is 3.05. The molecule has 1 aromatic carbocycles. The monoisotopic (exact) mass is 251 g/mol. The normalized spacial score (nSPS) is 10.7. The Morgan fingerprint density at radius 3 is 2.50 bits per heavy atom. The van der Waals surface area contributed by atoms with Gasteiger partial charge >= 0.3 is 0 Å². The van der Waals surface area contributed by atoms with Gasteiger partial charge in [-0.1, -0.05) is 13.8 Å². The van der Waals surface area contributed by atoms with E-state index in [2.05, 4.69) is 18.7 Å². The smallest absolute Gasteiger partial charge is 0.164 e. The fourth-order valence-electron chi connectivity index (χ4n) is 1.81. The fraction of sp³-hybridized carbons (Fsp3) is 0.500. The van der Waals surface area contributed by atoms with Crippen LogP contribution in [0.2, 0.25) is 0 Å². The third kappa shape index (κ3) is 3.74. The zero-order valence-corrected chi connectivity index (χ0v) is 11.3. The van der Waals surface area contributed by atoms with E-state index >= 15 is 0 Å². The highest BCUT2D eigenvalue weighted by Gasteiger charge is 2.10. The molecule has 0 unspecified atom stereocenters. The minimum atomic E-state index is 0.00573. The van der Waals surface area contributed by atoms with Gasteiger partial charge in [0, 0.05) is 18.5 Å². The van der Waals surface area contributed by atoms with Crippen LogP contribution in [-0.4, -0.2) is 42.5 Å². The molecule has 1 N–H and O–H groups in total. The van der Waals surface area contributed by atoms with Crippen LogP contribution in [-0.2, 0) is 0 Å². The predicted octanol–water partition coefficient (Wildman–Crippen LogP) is 2.32. The summed E-state index contributed by atoms with van der Waals surface area (Å²) in [5, 5.41) is 9.62. The maximum Gasteiger partial charge on any atom is 0.164 e. The molecule has 4 heteroatoms. The van der Waals surface area contributed by atoms with E-state index in [1.165, 1.54) is 13.2 Å². The highest BCUT2D eigenvalue weighted by atomic mass is 16.5. The molecule has 1 aromatic rings. The zero-order valence-electron chi connectivity index (χ0n) is 11.3. The van der Waals surface area contributed by atoms with Crippen molar-refractivity contribution in [3.63, 3.8) is 0 Å². The molecule has 0 amide bonds. The molecule has 0 aromatic heterocycles. The first-order valence-electron chi connectivity index (χ1n) is 6.24. The van der Waals surface area contributed by atoms with Crippen molar-refractivity contribution in [1.29, 1.82) is 0 Å². The molecule has 0 aliphatic carbocycles. The molecule has 0 atom stereocenters. The van der Waals surface area contributed by atoms with Crippen LogP contribution < -0.4 is 4.74 Å². The molecule has 100 valence electrons. The van der Waals surface area contributed by atoms with Crippen molar-refractivity contribution in [3.8, 4) is 11.5 Å². The fourth-order valence-corrected chi connectivity index (χ4v) is 1.81. The van der Waals surface area contributed by atoms with Crippen molar-refractivity contribution in [3.05, 3.63) is 23.8 Å². The van der Waals surface area contributed by atoms with Crippen molar-refractivity contribution < 1.29 is 14.6 Å². The minimum absolute atomic E-state index is 0.00573. The first-order chi connectivity index (χ1) is 8.62. The van der Waals surface area contributed by atoms with Gasteiger partial charge in [0.05, 0.1) is 7.11 Å². The average Bonchev–Trinajstić information content (AvgIpc) is 2.39. The quantitative estimate of drug-likeness (QED) is 0.756. The Kier molecular flexibility index (Phi) is 5.65. The van der Waals surface area contributed by atoms with E-state index in [0.29, 0.717) is 17.7 Å². The Labute approximate surface area is 108 Å². The number of carbonyl (C=O) groups is 1. The first kappa shape index (κ1) is 14.5. The van der Waals surface area contributed by atoms with Gasteiger partial charge < -0.3 is 14.7 Å². The second-order valence-electron chi connectivity index (χ2n) is 4.09. The number of benzene rings is 1. The molecule has 0 spiro atoms. The summed E-state index contributed by atoms with van der Waals surface area (Å²) in [7, 11) is 1.48. The number of hydrogen-bond acceptors (Lipinski definition) is 4. The molecule has 0 bridgehead atoms. The summed E-state index contributed by atoms with van der Waals surface area (Å²) in [5.74, 6) is 0.432. The van der Waals surface area contributed by atoms with Gasteiger partial charge in [-0.3, -0.25) is 4.79 Å². The summed E-state index contributed by atoms with van der Waals surface area (Å²) in [6.45, 7) is 6.79. The van der Waals surface area contributed by atoms with Crippen molar-refractivity contribution in [2.24, 2.45) is 0 Å². The van der Waals surface area contributed by atoms with Crippen LogP contribution in [0.5, 0.6) is 11.5 Å². The van der Waals surface area contributed by atoms with Crippen molar-refractivity contribution >= 4 is 5.78 Å². The van der Waals surface area contributed by atoms with E-state index in [1.54, 1.807) is 12.1 Å². The number of ketones is 1. The number of Topliss-reactive ketones (excluding diaryl/α,β-unsaturated/α-hetero) is 1. The van der Waals surface area contributed by atoms with Gasteiger partial charge in [0.2, 0.25) is 0 Å². The first-order valence-corrected chi connectivity index (χ1v) is 6.24. The topological polar surface area (TPSA) is 49.8 Å². The molecule has 4 nitrogen and oxygen atoms in total. The summed E-state index contributed by atoms with van der Waals surface area (Å²) in [5.41, 5.74) is 0.528. The Bertz CT molecular complexity index is 400. The summed E-state index contributed by atoms with van der Waals surface area (Å²) >= 11 is 0. The van der Waals surface area contributed by atoms with Crippen LogP contribution in [0.4, 0.5) is 0 Å². The average molecular weight is 251 g/mol. The molecule has 0 aliphatic heterocycles. The van der Waals surface area contributed by atoms with Gasteiger partial charge in [-0.05, 0) is 31.3 Å². The van der Waals surface area contributed by atoms with Gasteiger partial charge in [0.15, 0.2) is 17.3 Å². The molecule has 0 saturated carbocycles.